The lowest BCUT2D eigenvalue weighted by Gasteiger charge is -2.37. The predicted molar refractivity (Wildman–Crippen MR) is 58.9 cm³/mol. The number of ketones is 1. The molecule has 0 bridgehead atoms. The summed E-state index contributed by atoms with van der Waals surface area (Å²) in [6, 6.07) is 0. The number of hydrogen-bond acceptors (Lipinski definition) is 5. The molecule has 5 heteroatoms. The first-order chi connectivity index (χ1) is 8.16. The molecule has 0 amide bonds. The molecule has 2 aliphatic rings. The molecule has 1 aliphatic carbocycles. The quantitative estimate of drug-likeness (QED) is 0.773. The molecular weight excluding hydrogens is 224 g/mol. The molecule has 0 fully saturated rings. The van der Waals surface area contributed by atoms with Crippen LogP contribution in [-0.2, 0) is 19.0 Å². The van der Waals surface area contributed by atoms with Gasteiger partial charge in [0.25, 0.3) is 0 Å². The third-order valence-electron chi connectivity index (χ3n) is 2.71. The van der Waals surface area contributed by atoms with Crippen molar-refractivity contribution in [3.8, 4) is 0 Å². The second kappa shape index (κ2) is 4.41. The van der Waals surface area contributed by atoms with E-state index in [1.807, 2.05) is 0 Å². The van der Waals surface area contributed by atoms with E-state index in [1.54, 1.807) is 19.9 Å². The van der Waals surface area contributed by atoms with Crippen LogP contribution in [0.15, 0.2) is 23.4 Å². The van der Waals surface area contributed by atoms with Crippen molar-refractivity contribution in [2.45, 2.75) is 25.9 Å². The average molecular weight is 240 g/mol. The number of carbonyl (C=O) groups is 1. The van der Waals surface area contributed by atoms with Gasteiger partial charge >= 0.3 is 0 Å². The van der Waals surface area contributed by atoms with Crippen molar-refractivity contribution in [3.63, 3.8) is 0 Å². The van der Waals surface area contributed by atoms with Gasteiger partial charge in [0.1, 0.15) is 5.76 Å². The SMILES string of the molecule is CCOC1=C(OCC)C(O)(C2=CCCO2)C1=O. The van der Waals surface area contributed by atoms with Gasteiger partial charge < -0.3 is 19.3 Å². The van der Waals surface area contributed by atoms with E-state index in [-0.39, 0.29) is 17.3 Å². The van der Waals surface area contributed by atoms with E-state index in [9.17, 15) is 9.90 Å². The van der Waals surface area contributed by atoms with Gasteiger partial charge in [0.2, 0.25) is 17.1 Å². The highest BCUT2D eigenvalue weighted by molar-refractivity contribution is 6.12. The van der Waals surface area contributed by atoms with Crippen molar-refractivity contribution >= 4 is 5.78 Å². The van der Waals surface area contributed by atoms with Crippen molar-refractivity contribution in [2.24, 2.45) is 0 Å². The normalized spacial score (nSPS) is 27.5. The van der Waals surface area contributed by atoms with Crippen LogP contribution in [0.25, 0.3) is 0 Å². The van der Waals surface area contributed by atoms with E-state index < -0.39 is 11.4 Å². The Balaban J connectivity index is 2.32. The first kappa shape index (κ1) is 12.0. The highest BCUT2D eigenvalue weighted by Crippen LogP contribution is 2.43. The topological polar surface area (TPSA) is 65.0 Å². The molecule has 0 saturated heterocycles. The second-order valence-electron chi connectivity index (χ2n) is 3.77. The van der Waals surface area contributed by atoms with Crippen LogP contribution in [0, 0.1) is 0 Å². The van der Waals surface area contributed by atoms with Gasteiger partial charge in [-0.3, -0.25) is 4.79 Å². The summed E-state index contributed by atoms with van der Waals surface area (Å²) in [4.78, 5) is 11.9. The van der Waals surface area contributed by atoms with Gasteiger partial charge in [0.05, 0.1) is 19.8 Å². The van der Waals surface area contributed by atoms with Gasteiger partial charge in [-0.05, 0) is 19.9 Å². The zero-order chi connectivity index (χ0) is 12.5. The Hall–Kier alpha value is -1.49. The number of Topliss-reactive ketones (excluding diaryl/α,β-unsaturated/α-hetero) is 1. The molecule has 0 spiro atoms. The third kappa shape index (κ3) is 1.61. The molecule has 0 saturated carbocycles. The molecule has 1 unspecified atom stereocenters. The lowest BCUT2D eigenvalue weighted by molar-refractivity contribution is -0.146. The van der Waals surface area contributed by atoms with Crippen LogP contribution >= 0.6 is 0 Å². The van der Waals surface area contributed by atoms with Crippen molar-refractivity contribution < 1.29 is 24.1 Å². The summed E-state index contributed by atoms with van der Waals surface area (Å²) in [6.07, 6.45) is 2.40. The summed E-state index contributed by atoms with van der Waals surface area (Å²) in [5.41, 5.74) is -1.77. The highest BCUT2D eigenvalue weighted by Gasteiger charge is 2.60. The van der Waals surface area contributed by atoms with Gasteiger partial charge in [0, 0.05) is 6.42 Å². The highest BCUT2D eigenvalue weighted by atomic mass is 16.6. The third-order valence-corrected chi connectivity index (χ3v) is 2.71. The van der Waals surface area contributed by atoms with E-state index in [0.29, 0.717) is 26.2 Å². The van der Waals surface area contributed by atoms with Crippen molar-refractivity contribution in [1.82, 2.24) is 0 Å². The van der Waals surface area contributed by atoms with Crippen LogP contribution in [0.3, 0.4) is 0 Å². The van der Waals surface area contributed by atoms with E-state index in [0.717, 1.165) is 0 Å². The number of carbonyl (C=O) groups excluding carboxylic acids is 1. The molecule has 0 radical (unpaired) electrons. The predicted octanol–water partition coefficient (Wildman–Crippen LogP) is 0.889. The Labute approximate surface area is 99.7 Å². The Morgan fingerprint density at radius 2 is 2.12 bits per heavy atom. The number of rotatable bonds is 5. The molecule has 0 aromatic heterocycles. The Bertz CT molecular complexity index is 396. The van der Waals surface area contributed by atoms with E-state index in [2.05, 4.69) is 0 Å². The van der Waals surface area contributed by atoms with Crippen LogP contribution in [0.2, 0.25) is 0 Å². The van der Waals surface area contributed by atoms with Gasteiger partial charge in [-0.25, -0.2) is 0 Å². The molecule has 2 rings (SSSR count). The average Bonchev–Trinajstić information content (AvgIpc) is 2.86. The van der Waals surface area contributed by atoms with E-state index in [1.165, 1.54) is 0 Å². The molecule has 17 heavy (non-hydrogen) atoms. The summed E-state index contributed by atoms with van der Waals surface area (Å²) in [5.74, 6) is 0.0404. The van der Waals surface area contributed by atoms with Crippen molar-refractivity contribution in [1.29, 1.82) is 0 Å². The van der Waals surface area contributed by atoms with E-state index >= 15 is 0 Å². The number of hydrogen-bond donors (Lipinski definition) is 1. The number of ether oxygens (including phenoxy) is 3. The second-order valence-corrected chi connectivity index (χ2v) is 3.77. The first-order valence-corrected chi connectivity index (χ1v) is 5.77. The summed E-state index contributed by atoms with van der Waals surface area (Å²) in [5, 5.41) is 10.4. The molecule has 94 valence electrons. The van der Waals surface area contributed by atoms with Gasteiger partial charge in [-0.2, -0.15) is 0 Å². The summed E-state index contributed by atoms with van der Waals surface area (Å²) >= 11 is 0. The summed E-state index contributed by atoms with van der Waals surface area (Å²) < 4.78 is 15.7. The monoisotopic (exact) mass is 240 g/mol. The van der Waals surface area contributed by atoms with Gasteiger partial charge in [-0.15, -0.1) is 0 Å². The fourth-order valence-corrected chi connectivity index (χ4v) is 1.96. The molecule has 1 aliphatic heterocycles. The molecule has 1 atom stereocenters. The minimum absolute atomic E-state index is 0.105. The van der Waals surface area contributed by atoms with Crippen molar-refractivity contribution in [2.75, 3.05) is 19.8 Å². The fourth-order valence-electron chi connectivity index (χ4n) is 1.96. The first-order valence-electron chi connectivity index (χ1n) is 5.77. The fraction of sp³-hybridized carbons (Fsp3) is 0.583. The smallest absolute Gasteiger partial charge is 0.249 e. The van der Waals surface area contributed by atoms with Gasteiger partial charge in [-0.1, -0.05) is 0 Å². The maximum Gasteiger partial charge on any atom is 0.249 e. The Morgan fingerprint density at radius 1 is 1.41 bits per heavy atom. The van der Waals surface area contributed by atoms with E-state index in [4.69, 9.17) is 14.2 Å². The lowest BCUT2D eigenvalue weighted by atomic mass is 9.81. The van der Waals surface area contributed by atoms with Gasteiger partial charge in [0.15, 0.2) is 5.76 Å². The largest absolute Gasteiger partial charge is 0.494 e. The molecule has 1 heterocycles. The standard InChI is InChI=1S/C12H16O5/c1-3-15-9-10(13)12(14,11(9)16-4-2)8-6-5-7-17-8/h6,14H,3-5,7H2,1-2H3. The van der Waals surface area contributed by atoms with Crippen LogP contribution in [0.5, 0.6) is 0 Å². The zero-order valence-electron chi connectivity index (χ0n) is 9.99. The van der Waals surface area contributed by atoms with Crippen LogP contribution in [-0.4, -0.2) is 36.3 Å². The molecular formula is C12H16O5. The zero-order valence-corrected chi connectivity index (χ0v) is 9.99. The Kier molecular flexibility index (Phi) is 3.11. The maximum atomic E-state index is 11.9. The molecule has 0 aromatic rings. The lowest BCUT2D eigenvalue weighted by Crippen LogP contribution is -2.54. The minimum atomic E-state index is -1.77. The molecule has 1 N–H and O–H groups in total. The summed E-state index contributed by atoms with van der Waals surface area (Å²) in [7, 11) is 0. The van der Waals surface area contributed by atoms with Crippen LogP contribution in [0.4, 0.5) is 0 Å². The number of aliphatic hydroxyl groups is 1. The Morgan fingerprint density at radius 3 is 2.65 bits per heavy atom. The molecule has 5 nitrogen and oxygen atoms in total. The minimum Gasteiger partial charge on any atom is -0.494 e. The summed E-state index contributed by atoms with van der Waals surface area (Å²) in [6.45, 7) is 4.74. The molecule has 0 aromatic carbocycles. The van der Waals surface area contributed by atoms with Crippen LogP contribution in [0.1, 0.15) is 20.3 Å². The maximum absolute atomic E-state index is 11.9. The van der Waals surface area contributed by atoms with Crippen molar-refractivity contribution in [3.05, 3.63) is 23.4 Å². The van der Waals surface area contributed by atoms with Crippen LogP contribution < -0.4 is 0 Å².